The first-order valence-corrected chi connectivity index (χ1v) is 6.19. The number of allylic oxidation sites excluding steroid dienone is 1. The van der Waals surface area contributed by atoms with E-state index in [9.17, 15) is 14.9 Å². The van der Waals surface area contributed by atoms with E-state index in [0.717, 1.165) is 0 Å². The molecular weight excluding hydrogens is 343 g/mol. The highest BCUT2D eigenvalue weighted by Crippen LogP contribution is 2.47. The molecule has 0 saturated carbocycles. The smallest absolute Gasteiger partial charge is 0.308 e. The fourth-order valence-electron chi connectivity index (χ4n) is 1.82. The van der Waals surface area contributed by atoms with Gasteiger partial charge in [0.05, 0.1) is 21.2 Å². The Hall–Kier alpha value is -2.32. The minimum absolute atomic E-state index is 0.0969. The third-order valence-corrected chi connectivity index (χ3v) is 3.88. The molecule has 2 rings (SSSR count). The first kappa shape index (κ1) is 15.1. The number of nitrogens with zero attached hydrogens (tertiary/aromatic N) is 3. The Morgan fingerprint density at radius 2 is 1.67 bits per heavy atom. The van der Waals surface area contributed by atoms with Crippen LogP contribution in [-0.4, -0.2) is 10.8 Å². The van der Waals surface area contributed by atoms with Gasteiger partial charge in [0.1, 0.15) is 22.2 Å². The van der Waals surface area contributed by atoms with Crippen LogP contribution >= 0.6 is 34.8 Å². The van der Waals surface area contributed by atoms with Gasteiger partial charge < -0.3 is 5.32 Å². The van der Waals surface area contributed by atoms with Crippen LogP contribution in [0.2, 0.25) is 15.1 Å². The second-order valence-electron chi connectivity index (χ2n) is 3.73. The maximum atomic E-state index is 11.9. The quantitative estimate of drug-likeness (QED) is 0.363. The van der Waals surface area contributed by atoms with Gasteiger partial charge in [0.2, 0.25) is 0 Å². The predicted octanol–water partition coefficient (Wildman–Crippen LogP) is 3.06. The number of rotatable bonds is 1. The summed E-state index contributed by atoms with van der Waals surface area (Å²) in [5.74, 6) is -0.810. The van der Waals surface area contributed by atoms with E-state index in [1.165, 1.54) is 0 Å². The van der Waals surface area contributed by atoms with Crippen molar-refractivity contribution in [3.05, 3.63) is 41.9 Å². The van der Waals surface area contributed by atoms with E-state index in [1.807, 2.05) is 0 Å². The number of hydrogen-bond acceptors (Lipinski definition) is 5. The number of nitro benzene ring substituents is 1. The topological polar surface area (TPSA) is 120 Å². The molecule has 0 aliphatic carbocycles. The lowest BCUT2D eigenvalue weighted by Crippen LogP contribution is -2.13. The Balaban J connectivity index is 2.99. The van der Waals surface area contributed by atoms with Crippen molar-refractivity contribution < 1.29 is 9.72 Å². The Kier molecular flexibility index (Phi) is 3.75. The number of nitro groups is 1. The van der Waals surface area contributed by atoms with Gasteiger partial charge in [-0.1, -0.05) is 34.8 Å². The largest absolute Gasteiger partial charge is 0.320 e. The summed E-state index contributed by atoms with van der Waals surface area (Å²) in [6, 6.07) is 3.17. The standard InChI is InChI=1S/C11HCl3N4O3/c12-6-4-5(7(13)10(8(6)14)18(20)21)11(19)17-9(4)3(1-15)2-16/h(H,17,19). The molecule has 0 spiro atoms. The molecule has 0 atom stereocenters. The van der Waals surface area contributed by atoms with Crippen LogP contribution in [0.4, 0.5) is 5.69 Å². The molecular formula is C11HCl3N4O3. The number of nitriles is 2. The first-order valence-electron chi connectivity index (χ1n) is 5.06. The third kappa shape index (κ3) is 2.08. The number of hydrogen-bond donors (Lipinski definition) is 1. The van der Waals surface area contributed by atoms with Crippen LogP contribution in [0.15, 0.2) is 5.57 Å². The van der Waals surface area contributed by atoms with E-state index in [-0.39, 0.29) is 21.8 Å². The van der Waals surface area contributed by atoms with Gasteiger partial charge in [0, 0.05) is 5.56 Å². The lowest BCUT2D eigenvalue weighted by atomic mass is 10.0. The molecule has 0 bridgehead atoms. The van der Waals surface area contributed by atoms with E-state index in [2.05, 4.69) is 5.32 Å². The van der Waals surface area contributed by atoms with Crippen molar-refractivity contribution in [2.75, 3.05) is 0 Å². The number of fused-ring (bicyclic) bond motifs is 1. The Morgan fingerprint density at radius 1 is 1.10 bits per heavy atom. The summed E-state index contributed by atoms with van der Waals surface area (Å²) < 4.78 is 0. The SMILES string of the molecule is N#CC(C#N)=C1NC(=O)c2c(Cl)c([N+](=O)[O-])c(Cl)c(Cl)c21. The van der Waals surface area contributed by atoms with E-state index < -0.39 is 32.1 Å². The minimum atomic E-state index is -0.874. The highest BCUT2D eigenvalue weighted by molar-refractivity contribution is 6.48. The summed E-state index contributed by atoms with van der Waals surface area (Å²) in [6.45, 7) is 0. The number of halogens is 3. The third-order valence-electron chi connectivity index (χ3n) is 2.67. The van der Waals surface area contributed by atoms with Crippen molar-refractivity contribution >= 4 is 52.1 Å². The molecule has 21 heavy (non-hydrogen) atoms. The molecule has 1 aliphatic heterocycles. The second kappa shape index (κ2) is 5.23. The first-order chi connectivity index (χ1) is 9.84. The van der Waals surface area contributed by atoms with E-state index >= 15 is 0 Å². The van der Waals surface area contributed by atoms with E-state index in [1.54, 1.807) is 12.1 Å². The minimum Gasteiger partial charge on any atom is -0.320 e. The molecule has 1 aliphatic rings. The molecule has 104 valence electrons. The lowest BCUT2D eigenvalue weighted by molar-refractivity contribution is -0.384. The molecule has 0 fully saturated rings. The van der Waals surface area contributed by atoms with Gasteiger partial charge in [0.25, 0.3) is 5.91 Å². The maximum absolute atomic E-state index is 11.9. The summed E-state index contributed by atoms with van der Waals surface area (Å²) in [5, 5.41) is 29.6. The number of benzene rings is 1. The van der Waals surface area contributed by atoms with Crippen molar-refractivity contribution in [1.29, 1.82) is 10.5 Å². The molecule has 1 aromatic carbocycles. The number of amides is 1. The van der Waals surface area contributed by atoms with Crippen molar-refractivity contribution in [3.8, 4) is 12.1 Å². The van der Waals surface area contributed by atoms with Gasteiger partial charge in [-0.25, -0.2) is 0 Å². The zero-order chi connectivity index (χ0) is 15.9. The van der Waals surface area contributed by atoms with Gasteiger partial charge in [-0.05, 0) is 0 Å². The van der Waals surface area contributed by atoms with Crippen LogP contribution in [0, 0.1) is 32.8 Å². The van der Waals surface area contributed by atoms with Crippen molar-refractivity contribution in [2.24, 2.45) is 0 Å². The molecule has 0 aromatic heterocycles. The Labute approximate surface area is 132 Å². The Bertz CT molecular complexity index is 817. The summed E-state index contributed by atoms with van der Waals surface area (Å²) in [6.07, 6.45) is 0. The van der Waals surface area contributed by atoms with Gasteiger partial charge >= 0.3 is 5.69 Å². The van der Waals surface area contributed by atoms with Gasteiger partial charge in [-0.2, -0.15) is 10.5 Å². The summed E-state index contributed by atoms with van der Waals surface area (Å²) in [4.78, 5) is 22.0. The summed E-state index contributed by atoms with van der Waals surface area (Å²) in [5.41, 5.74) is -1.71. The van der Waals surface area contributed by atoms with Crippen molar-refractivity contribution in [2.45, 2.75) is 0 Å². The van der Waals surface area contributed by atoms with Gasteiger partial charge in [-0.3, -0.25) is 14.9 Å². The van der Waals surface area contributed by atoms with Crippen LogP contribution < -0.4 is 5.32 Å². The summed E-state index contributed by atoms with van der Waals surface area (Å²) >= 11 is 17.6. The van der Waals surface area contributed by atoms with Crippen molar-refractivity contribution in [3.63, 3.8) is 0 Å². The van der Waals surface area contributed by atoms with Crippen LogP contribution in [0.3, 0.4) is 0 Å². The van der Waals surface area contributed by atoms with Gasteiger partial charge in [0.15, 0.2) is 5.57 Å². The predicted molar refractivity (Wildman–Crippen MR) is 73.7 cm³/mol. The van der Waals surface area contributed by atoms with Crippen LogP contribution in [0.5, 0.6) is 0 Å². The zero-order valence-corrected chi connectivity index (χ0v) is 12.0. The number of carbonyl (C=O) groups excluding carboxylic acids is 1. The molecule has 10 heteroatoms. The fraction of sp³-hybridized carbons (Fsp3) is 0. The molecule has 7 nitrogen and oxygen atoms in total. The van der Waals surface area contributed by atoms with Crippen LogP contribution in [0.25, 0.3) is 5.70 Å². The Morgan fingerprint density at radius 3 is 2.14 bits per heavy atom. The molecule has 1 amide bonds. The molecule has 1 N–H and O–H groups in total. The molecule has 0 radical (unpaired) electrons. The normalized spacial score (nSPS) is 12.2. The molecule has 1 aromatic rings. The van der Waals surface area contributed by atoms with Crippen molar-refractivity contribution in [1.82, 2.24) is 5.32 Å². The van der Waals surface area contributed by atoms with Crippen LogP contribution in [-0.2, 0) is 0 Å². The maximum Gasteiger partial charge on any atom is 0.308 e. The fourth-order valence-corrected chi connectivity index (χ4v) is 2.75. The molecule has 0 unspecified atom stereocenters. The summed E-state index contributed by atoms with van der Waals surface area (Å²) in [7, 11) is 0. The molecule has 1 heterocycles. The number of carbonyl (C=O) groups is 1. The zero-order valence-electron chi connectivity index (χ0n) is 9.70. The highest BCUT2D eigenvalue weighted by Gasteiger charge is 2.38. The monoisotopic (exact) mass is 342 g/mol. The lowest BCUT2D eigenvalue weighted by Gasteiger charge is -2.07. The van der Waals surface area contributed by atoms with Crippen LogP contribution in [0.1, 0.15) is 15.9 Å². The second-order valence-corrected chi connectivity index (χ2v) is 4.86. The highest BCUT2D eigenvalue weighted by atomic mass is 35.5. The van der Waals surface area contributed by atoms with Gasteiger partial charge in [-0.15, -0.1) is 0 Å². The number of nitrogens with one attached hydrogen (secondary N) is 1. The van der Waals surface area contributed by atoms with E-state index in [0.29, 0.717) is 0 Å². The van der Waals surface area contributed by atoms with E-state index in [4.69, 9.17) is 45.3 Å². The molecule has 0 saturated heterocycles. The average Bonchev–Trinajstić information content (AvgIpc) is 2.75. The average molecular weight is 344 g/mol.